The van der Waals surface area contributed by atoms with Gasteiger partial charge in [-0.05, 0) is 19.3 Å². The Labute approximate surface area is 104 Å². The van der Waals surface area contributed by atoms with Crippen LogP contribution in [0.3, 0.4) is 0 Å². The monoisotopic (exact) mass is 256 g/mol. The molecule has 1 saturated carbocycles. The molecule has 18 heavy (non-hydrogen) atoms. The summed E-state index contributed by atoms with van der Waals surface area (Å²) in [7, 11) is 1.62. The lowest BCUT2D eigenvalue weighted by Crippen LogP contribution is -2.45. The van der Waals surface area contributed by atoms with Crippen molar-refractivity contribution < 1.29 is 24.3 Å². The van der Waals surface area contributed by atoms with Gasteiger partial charge in [-0.25, -0.2) is 4.79 Å². The molecule has 1 aliphatic carbocycles. The van der Waals surface area contributed by atoms with Crippen LogP contribution in [0.2, 0.25) is 0 Å². The molecule has 2 aliphatic rings. The number of carbonyl (C=O) groups excluding carboxylic acids is 1. The third kappa shape index (κ3) is 2.61. The SMILES string of the molecule is COC1CCCC1NC(=O)C1CC(C(=O)O)=NO1. The van der Waals surface area contributed by atoms with E-state index in [4.69, 9.17) is 14.7 Å². The Kier molecular flexibility index (Phi) is 3.81. The van der Waals surface area contributed by atoms with Crippen molar-refractivity contribution >= 4 is 17.6 Å². The molecular formula is C11H16N2O5. The normalized spacial score (nSPS) is 30.7. The lowest BCUT2D eigenvalue weighted by Gasteiger charge is -2.20. The van der Waals surface area contributed by atoms with E-state index in [1.54, 1.807) is 7.11 Å². The van der Waals surface area contributed by atoms with Gasteiger partial charge >= 0.3 is 5.97 Å². The van der Waals surface area contributed by atoms with Crippen LogP contribution in [0.25, 0.3) is 0 Å². The van der Waals surface area contributed by atoms with Crippen LogP contribution >= 0.6 is 0 Å². The highest BCUT2D eigenvalue weighted by Gasteiger charge is 2.35. The summed E-state index contributed by atoms with van der Waals surface area (Å²) >= 11 is 0. The van der Waals surface area contributed by atoms with E-state index in [1.807, 2.05) is 0 Å². The minimum atomic E-state index is -1.15. The number of ether oxygens (including phenoxy) is 1. The first-order chi connectivity index (χ1) is 8.61. The Morgan fingerprint density at radius 1 is 1.50 bits per heavy atom. The molecule has 2 rings (SSSR count). The van der Waals surface area contributed by atoms with Gasteiger partial charge in [0.25, 0.3) is 5.91 Å². The van der Waals surface area contributed by atoms with E-state index in [0.717, 1.165) is 19.3 Å². The minimum absolute atomic E-state index is 0.00549. The molecule has 0 spiro atoms. The highest BCUT2D eigenvalue weighted by molar-refractivity contribution is 6.36. The Morgan fingerprint density at radius 3 is 2.89 bits per heavy atom. The number of carboxylic acids is 1. The standard InChI is InChI=1S/C11H16N2O5/c1-17-8-4-2-3-6(8)12-10(14)9-5-7(11(15)16)13-18-9/h6,8-9H,2-5H2,1H3,(H,12,14)(H,15,16). The topological polar surface area (TPSA) is 97.2 Å². The van der Waals surface area contributed by atoms with Crippen LogP contribution in [0, 0.1) is 0 Å². The first kappa shape index (κ1) is 12.8. The number of aliphatic carboxylic acids is 1. The Bertz CT molecular complexity index is 382. The quantitative estimate of drug-likeness (QED) is 0.732. The van der Waals surface area contributed by atoms with Crippen molar-refractivity contribution in [3.63, 3.8) is 0 Å². The first-order valence-corrected chi connectivity index (χ1v) is 5.91. The summed E-state index contributed by atoms with van der Waals surface area (Å²) in [6.45, 7) is 0. The average molecular weight is 256 g/mol. The zero-order valence-corrected chi connectivity index (χ0v) is 10.1. The lowest BCUT2D eigenvalue weighted by molar-refractivity contribution is -0.132. The van der Waals surface area contributed by atoms with Gasteiger partial charge in [0.2, 0.25) is 6.10 Å². The Hall–Kier alpha value is -1.63. The molecule has 3 atom stereocenters. The molecule has 1 aliphatic heterocycles. The highest BCUT2D eigenvalue weighted by Crippen LogP contribution is 2.22. The fraction of sp³-hybridized carbons (Fsp3) is 0.727. The molecule has 1 fully saturated rings. The predicted octanol–water partition coefficient (Wildman–Crippen LogP) is -0.100. The fourth-order valence-corrected chi connectivity index (χ4v) is 2.29. The van der Waals surface area contributed by atoms with Gasteiger partial charge in [-0.2, -0.15) is 0 Å². The van der Waals surface area contributed by atoms with E-state index >= 15 is 0 Å². The first-order valence-electron chi connectivity index (χ1n) is 5.91. The van der Waals surface area contributed by atoms with Crippen molar-refractivity contribution in [3.05, 3.63) is 0 Å². The van der Waals surface area contributed by atoms with Gasteiger partial charge in [0.1, 0.15) is 0 Å². The summed E-state index contributed by atoms with van der Waals surface area (Å²) in [6, 6.07) is -0.0278. The second-order valence-electron chi connectivity index (χ2n) is 4.46. The van der Waals surface area contributed by atoms with Crippen molar-refractivity contribution in [2.24, 2.45) is 5.16 Å². The van der Waals surface area contributed by atoms with Crippen molar-refractivity contribution in [1.29, 1.82) is 0 Å². The molecule has 0 saturated heterocycles. The van der Waals surface area contributed by atoms with Gasteiger partial charge in [-0.1, -0.05) is 5.16 Å². The number of carboxylic acid groups (broad SMARTS) is 1. The maximum Gasteiger partial charge on any atom is 0.353 e. The number of amides is 1. The number of nitrogens with zero attached hydrogens (tertiary/aromatic N) is 1. The maximum absolute atomic E-state index is 11.9. The molecule has 0 bridgehead atoms. The Balaban J connectivity index is 1.85. The molecule has 7 heteroatoms. The molecule has 100 valence electrons. The van der Waals surface area contributed by atoms with Crippen LogP contribution in [-0.4, -0.2) is 48.1 Å². The number of rotatable bonds is 4. The summed E-state index contributed by atoms with van der Waals surface area (Å²) in [4.78, 5) is 27.3. The largest absolute Gasteiger partial charge is 0.477 e. The van der Waals surface area contributed by atoms with Crippen LogP contribution in [-0.2, 0) is 19.2 Å². The molecule has 2 N–H and O–H groups in total. The summed E-state index contributed by atoms with van der Waals surface area (Å²) in [6.07, 6.45) is 1.98. The highest BCUT2D eigenvalue weighted by atomic mass is 16.6. The average Bonchev–Trinajstić information content (AvgIpc) is 2.96. The van der Waals surface area contributed by atoms with E-state index in [9.17, 15) is 9.59 Å². The zero-order valence-electron chi connectivity index (χ0n) is 10.1. The van der Waals surface area contributed by atoms with Crippen molar-refractivity contribution in [2.75, 3.05) is 7.11 Å². The lowest BCUT2D eigenvalue weighted by atomic mass is 10.1. The molecule has 0 radical (unpaired) electrons. The third-order valence-corrected chi connectivity index (χ3v) is 3.29. The van der Waals surface area contributed by atoms with E-state index in [1.165, 1.54) is 0 Å². The summed E-state index contributed by atoms with van der Waals surface area (Å²) < 4.78 is 5.27. The predicted molar refractivity (Wildman–Crippen MR) is 61.1 cm³/mol. The van der Waals surface area contributed by atoms with Crippen LogP contribution in [0.5, 0.6) is 0 Å². The number of nitrogens with one attached hydrogen (secondary N) is 1. The molecule has 0 aromatic heterocycles. The van der Waals surface area contributed by atoms with Gasteiger partial charge < -0.3 is 20.0 Å². The van der Waals surface area contributed by atoms with E-state index in [-0.39, 0.29) is 30.2 Å². The second kappa shape index (κ2) is 5.34. The minimum Gasteiger partial charge on any atom is -0.477 e. The number of methoxy groups -OCH3 is 1. The van der Waals surface area contributed by atoms with E-state index in [0.29, 0.717) is 0 Å². The maximum atomic E-state index is 11.9. The molecule has 7 nitrogen and oxygen atoms in total. The number of hydrogen-bond acceptors (Lipinski definition) is 5. The van der Waals surface area contributed by atoms with E-state index in [2.05, 4.69) is 10.5 Å². The molecular weight excluding hydrogens is 240 g/mol. The third-order valence-electron chi connectivity index (χ3n) is 3.29. The molecule has 3 unspecified atom stereocenters. The van der Waals surface area contributed by atoms with Crippen molar-refractivity contribution in [3.8, 4) is 0 Å². The van der Waals surface area contributed by atoms with Crippen LogP contribution < -0.4 is 5.32 Å². The fourth-order valence-electron chi connectivity index (χ4n) is 2.29. The zero-order chi connectivity index (χ0) is 13.1. The van der Waals surface area contributed by atoms with Gasteiger partial charge in [-0.3, -0.25) is 4.79 Å². The van der Waals surface area contributed by atoms with E-state index < -0.39 is 12.1 Å². The van der Waals surface area contributed by atoms with Gasteiger partial charge in [0.05, 0.1) is 12.1 Å². The summed E-state index contributed by atoms with van der Waals surface area (Å²) in [5, 5.41) is 14.9. The molecule has 0 aromatic carbocycles. The van der Waals surface area contributed by atoms with Crippen molar-refractivity contribution in [2.45, 2.75) is 43.9 Å². The van der Waals surface area contributed by atoms with Crippen LogP contribution in [0.4, 0.5) is 0 Å². The van der Waals surface area contributed by atoms with Crippen LogP contribution in [0.15, 0.2) is 5.16 Å². The molecule has 0 aromatic rings. The van der Waals surface area contributed by atoms with Gasteiger partial charge in [-0.15, -0.1) is 0 Å². The molecule has 1 heterocycles. The summed E-state index contributed by atoms with van der Waals surface area (Å²) in [5.74, 6) is -1.48. The Morgan fingerprint density at radius 2 is 2.28 bits per heavy atom. The number of oxime groups is 1. The molecule has 1 amide bonds. The van der Waals surface area contributed by atoms with Gasteiger partial charge in [0.15, 0.2) is 5.71 Å². The second-order valence-corrected chi connectivity index (χ2v) is 4.46. The number of hydrogen-bond donors (Lipinski definition) is 2. The summed E-state index contributed by atoms with van der Waals surface area (Å²) in [5.41, 5.74) is -0.120. The van der Waals surface area contributed by atoms with Crippen molar-refractivity contribution in [1.82, 2.24) is 5.32 Å². The van der Waals surface area contributed by atoms with Gasteiger partial charge in [0, 0.05) is 13.5 Å². The van der Waals surface area contributed by atoms with Crippen LogP contribution in [0.1, 0.15) is 25.7 Å². The number of carbonyl (C=O) groups is 2. The smallest absolute Gasteiger partial charge is 0.353 e.